The van der Waals surface area contributed by atoms with Gasteiger partial charge in [0, 0.05) is 19.8 Å². The Morgan fingerprint density at radius 3 is 3.19 bits per heavy atom. The number of rotatable bonds is 4. The van der Waals surface area contributed by atoms with Crippen LogP contribution in [-0.4, -0.2) is 43.6 Å². The minimum atomic E-state index is 0.136. The zero-order chi connectivity index (χ0) is 11.4. The Kier molecular flexibility index (Phi) is 3.87. The van der Waals surface area contributed by atoms with Crippen LogP contribution in [0, 0.1) is 0 Å². The average molecular weight is 227 g/mol. The third-order valence-corrected chi connectivity index (χ3v) is 2.80. The Balaban J connectivity index is 2.08. The maximum atomic E-state index is 5.44. The molecule has 0 aliphatic carbocycles. The summed E-state index contributed by atoms with van der Waals surface area (Å²) in [5.74, 6) is 1.35. The first kappa shape index (κ1) is 11.5. The first-order valence-electron chi connectivity index (χ1n) is 5.41. The van der Waals surface area contributed by atoms with E-state index in [0.29, 0.717) is 31.0 Å². The van der Waals surface area contributed by atoms with Crippen LogP contribution in [0.25, 0.3) is 0 Å². The standard InChI is InChI=1S/C10H17N3O3/c1-11-8-3-4-15-5-7(8)10-12-9(6-14-2)13-16-10/h7-8,11H,3-6H2,1-2H3. The zero-order valence-corrected chi connectivity index (χ0v) is 9.60. The van der Waals surface area contributed by atoms with Crippen LogP contribution in [0.15, 0.2) is 4.52 Å². The van der Waals surface area contributed by atoms with Crippen LogP contribution >= 0.6 is 0 Å². The highest BCUT2D eigenvalue weighted by Gasteiger charge is 2.30. The van der Waals surface area contributed by atoms with E-state index in [0.717, 1.165) is 13.0 Å². The van der Waals surface area contributed by atoms with Gasteiger partial charge in [-0.1, -0.05) is 5.16 Å². The Bertz CT molecular complexity index is 329. The highest BCUT2D eigenvalue weighted by molar-refractivity contribution is 5.00. The van der Waals surface area contributed by atoms with Gasteiger partial charge in [0.05, 0.1) is 12.5 Å². The summed E-state index contributed by atoms with van der Waals surface area (Å²) in [6.45, 7) is 1.78. The Labute approximate surface area is 94.3 Å². The van der Waals surface area contributed by atoms with Gasteiger partial charge in [-0.25, -0.2) is 0 Å². The van der Waals surface area contributed by atoms with Crippen molar-refractivity contribution < 1.29 is 14.0 Å². The van der Waals surface area contributed by atoms with Crippen LogP contribution in [0.1, 0.15) is 24.1 Å². The van der Waals surface area contributed by atoms with Crippen molar-refractivity contribution in [2.24, 2.45) is 0 Å². The Morgan fingerprint density at radius 2 is 2.44 bits per heavy atom. The molecule has 2 rings (SSSR count). The molecular formula is C10H17N3O3. The van der Waals surface area contributed by atoms with Gasteiger partial charge < -0.3 is 19.3 Å². The van der Waals surface area contributed by atoms with E-state index in [1.165, 1.54) is 0 Å². The lowest BCUT2D eigenvalue weighted by Crippen LogP contribution is -2.39. The highest BCUT2D eigenvalue weighted by atomic mass is 16.5. The van der Waals surface area contributed by atoms with Crippen molar-refractivity contribution >= 4 is 0 Å². The molecule has 2 unspecified atom stereocenters. The van der Waals surface area contributed by atoms with Crippen molar-refractivity contribution in [1.29, 1.82) is 0 Å². The van der Waals surface area contributed by atoms with Gasteiger partial charge >= 0.3 is 0 Å². The second kappa shape index (κ2) is 5.38. The summed E-state index contributed by atoms with van der Waals surface area (Å²) in [5.41, 5.74) is 0. The summed E-state index contributed by atoms with van der Waals surface area (Å²) in [7, 11) is 3.55. The lowest BCUT2D eigenvalue weighted by Gasteiger charge is -2.28. The number of aromatic nitrogens is 2. The SMILES string of the molecule is CNC1CCOCC1c1nc(COC)no1. The molecule has 1 aromatic rings. The lowest BCUT2D eigenvalue weighted by molar-refractivity contribution is 0.0516. The first-order chi connectivity index (χ1) is 7.85. The number of nitrogens with zero attached hydrogens (tertiary/aromatic N) is 2. The van der Waals surface area contributed by atoms with Crippen LogP contribution in [0.2, 0.25) is 0 Å². The summed E-state index contributed by atoms with van der Waals surface area (Å²) in [6, 6.07) is 0.338. The number of methoxy groups -OCH3 is 1. The van der Waals surface area contributed by atoms with Crippen molar-refractivity contribution in [2.75, 3.05) is 27.4 Å². The van der Waals surface area contributed by atoms with Crippen molar-refractivity contribution in [3.63, 3.8) is 0 Å². The summed E-state index contributed by atoms with van der Waals surface area (Å²) < 4.78 is 15.6. The molecule has 2 atom stereocenters. The quantitative estimate of drug-likeness (QED) is 0.798. The fourth-order valence-electron chi connectivity index (χ4n) is 1.93. The van der Waals surface area contributed by atoms with Gasteiger partial charge in [0.15, 0.2) is 5.82 Å². The fourth-order valence-corrected chi connectivity index (χ4v) is 1.93. The normalized spacial score (nSPS) is 25.9. The largest absolute Gasteiger partial charge is 0.381 e. The molecule has 6 heteroatoms. The third-order valence-electron chi connectivity index (χ3n) is 2.80. The van der Waals surface area contributed by atoms with Gasteiger partial charge in [-0.3, -0.25) is 0 Å². The molecule has 1 fully saturated rings. The van der Waals surface area contributed by atoms with Crippen LogP contribution in [-0.2, 0) is 16.1 Å². The van der Waals surface area contributed by atoms with E-state index in [1.807, 2.05) is 7.05 Å². The molecule has 0 saturated carbocycles. The van der Waals surface area contributed by atoms with Crippen molar-refractivity contribution in [3.05, 3.63) is 11.7 Å². The smallest absolute Gasteiger partial charge is 0.233 e. The maximum absolute atomic E-state index is 5.44. The van der Waals surface area contributed by atoms with E-state index in [9.17, 15) is 0 Å². The summed E-state index contributed by atoms with van der Waals surface area (Å²) in [5, 5.41) is 7.11. The van der Waals surface area contributed by atoms with Crippen LogP contribution in [0.4, 0.5) is 0 Å². The predicted octanol–water partition coefficient (Wildman–Crippen LogP) is 0.308. The molecule has 0 spiro atoms. The number of hydrogen-bond acceptors (Lipinski definition) is 6. The minimum absolute atomic E-state index is 0.136. The molecule has 1 aliphatic rings. The molecule has 6 nitrogen and oxygen atoms in total. The number of nitrogens with one attached hydrogen (secondary N) is 1. The molecule has 1 N–H and O–H groups in total. The van der Waals surface area contributed by atoms with Crippen molar-refractivity contribution in [3.8, 4) is 0 Å². The molecule has 0 bridgehead atoms. The van der Waals surface area contributed by atoms with Gasteiger partial charge in [0.25, 0.3) is 0 Å². The molecule has 1 saturated heterocycles. The van der Waals surface area contributed by atoms with E-state index < -0.39 is 0 Å². The molecule has 2 heterocycles. The molecule has 90 valence electrons. The molecule has 0 radical (unpaired) electrons. The number of hydrogen-bond donors (Lipinski definition) is 1. The maximum Gasteiger partial charge on any atom is 0.233 e. The lowest BCUT2D eigenvalue weighted by atomic mass is 9.96. The Morgan fingerprint density at radius 1 is 1.56 bits per heavy atom. The van der Waals surface area contributed by atoms with Crippen molar-refractivity contribution in [1.82, 2.24) is 15.5 Å². The first-order valence-corrected chi connectivity index (χ1v) is 5.41. The van der Waals surface area contributed by atoms with E-state index in [4.69, 9.17) is 14.0 Å². The summed E-state index contributed by atoms with van der Waals surface area (Å²) in [4.78, 5) is 4.30. The second-order valence-electron chi connectivity index (χ2n) is 3.85. The molecule has 1 aromatic heterocycles. The molecular weight excluding hydrogens is 210 g/mol. The van der Waals surface area contributed by atoms with Gasteiger partial charge in [-0.05, 0) is 13.5 Å². The molecule has 0 amide bonds. The number of ether oxygens (including phenoxy) is 2. The monoisotopic (exact) mass is 227 g/mol. The topological polar surface area (TPSA) is 69.4 Å². The van der Waals surface area contributed by atoms with Crippen molar-refractivity contribution in [2.45, 2.75) is 25.0 Å². The van der Waals surface area contributed by atoms with Crippen LogP contribution < -0.4 is 5.32 Å². The predicted molar refractivity (Wildman–Crippen MR) is 56.0 cm³/mol. The van der Waals surface area contributed by atoms with E-state index in [1.54, 1.807) is 7.11 Å². The van der Waals surface area contributed by atoms with E-state index in [2.05, 4.69) is 15.5 Å². The molecule has 0 aromatic carbocycles. The van der Waals surface area contributed by atoms with Crippen LogP contribution in [0.3, 0.4) is 0 Å². The van der Waals surface area contributed by atoms with Gasteiger partial charge in [0.1, 0.15) is 6.61 Å². The van der Waals surface area contributed by atoms with Crippen LogP contribution in [0.5, 0.6) is 0 Å². The highest BCUT2D eigenvalue weighted by Crippen LogP contribution is 2.24. The Hall–Kier alpha value is -0.980. The van der Waals surface area contributed by atoms with E-state index >= 15 is 0 Å². The van der Waals surface area contributed by atoms with E-state index in [-0.39, 0.29) is 5.92 Å². The zero-order valence-electron chi connectivity index (χ0n) is 9.60. The minimum Gasteiger partial charge on any atom is -0.381 e. The van der Waals surface area contributed by atoms with Gasteiger partial charge in [-0.2, -0.15) is 4.98 Å². The number of likely N-dealkylation sites (N-methyl/N-ethyl adjacent to an activating group) is 1. The van der Waals surface area contributed by atoms with Gasteiger partial charge in [0.2, 0.25) is 5.89 Å². The molecule has 16 heavy (non-hydrogen) atoms. The summed E-state index contributed by atoms with van der Waals surface area (Å²) >= 11 is 0. The third kappa shape index (κ3) is 2.40. The second-order valence-corrected chi connectivity index (χ2v) is 3.85. The average Bonchev–Trinajstić information content (AvgIpc) is 2.78. The summed E-state index contributed by atoms with van der Waals surface area (Å²) in [6.07, 6.45) is 0.961. The fraction of sp³-hybridized carbons (Fsp3) is 0.800. The van der Waals surface area contributed by atoms with Gasteiger partial charge in [-0.15, -0.1) is 0 Å². The molecule has 1 aliphatic heterocycles.